The first-order chi connectivity index (χ1) is 11.5. The quantitative estimate of drug-likeness (QED) is 0.519. The van der Waals surface area contributed by atoms with Gasteiger partial charge in [-0.2, -0.15) is 5.10 Å². The Morgan fingerprint density at radius 3 is 2.71 bits per heavy atom. The van der Waals surface area contributed by atoms with Crippen molar-refractivity contribution in [3.8, 4) is 0 Å². The second kappa shape index (κ2) is 5.24. The van der Waals surface area contributed by atoms with Crippen molar-refractivity contribution < 1.29 is 13.6 Å². The number of fused-ring (bicyclic) bond motifs is 3. The van der Waals surface area contributed by atoms with E-state index in [-0.39, 0.29) is 11.4 Å². The molecule has 0 atom stereocenters. The number of rotatable bonds is 2. The predicted molar refractivity (Wildman–Crippen MR) is 88.0 cm³/mol. The first kappa shape index (κ1) is 14.5. The molecule has 2 aromatic heterocycles. The number of halogens is 2. The summed E-state index contributed by atoms with van der Waals surface area (Å²) in [6, 6.07) is 6.28. The number of aromatic nitrogens is 3. The Bertz CT molecular complexity index is 1080. The zero-order valence-electron chi connectivity index (χ0n) is 11.9. The van der Waals surface area contributed by atoms with Crippen molar-refractivity contribution in [2.75, 3.05) is 11.1 Å². The average molecular weight is 345 g/mol. The van der Waals surface area contributed by atoms with Crippen LogP contribution in [0.4, 0.5) is 19.6 Å². The number of nitrogens with zero attached hydrogens (tertiary/aromatic N) is 2. The molecule has 4 rings (SSSR count). The zero-order chi connectivity index (χ0) is 16.8. The molecule has 0 saturated heterocycles. The number of aromatic amines is 1. The van der Waals surface area contributed by atoms with Gasteiger partial charge in [-0.3, -0.25) is 9.89 Å². The fraction of sp³-hybridized carbons (Fsp3) is 0. The molecule has 0 unspecified atom stereocenters. The van der Waals surface area contributed by atoms with E-state index in [4.69, 9.17) is 5.73 Å². The van der Waals surface area contributed by atoms with Gasteiger partial charge in [0, 0.05) is 11.8 Å². The van der Waals surface area contributed by atoms with Crippen LogP contribution in [-0.4, -0.2) is 21.1 Å². The highest BCUT2D eigenvalue weighted by molar-refractivity contribution is 7.23. The maximum atomic E-state index is 13.3. The molecule has 0 aliphatic heterocycles. The van der Waals surface area contributed by atoms with Crippen LogP contribution in [0, 0.1) is 11.6 Å². The fourth-order valence-electron chi connectivity index (χ4n) is 2.49. The number of carbonyl (C=O) groups is 1. The van der Waals surface area contributed by atoms with Crippen molar-refractivity contribution in [1.82, 2.24) is 15.2 Å². The average Bonchev–Trinajstić information content (AvgIpc) is 3.07. The molecular formula is C15H9F2N5OS. The van der Waals surface area contributed by atoms with E-state index in [1.807, 2.05) is 0 Å². The van der Waals surface area contributed by atoms with Crippen LogP contribution >= 0.6 is 11.3 Å². The number of hydrogen-bond donors (Lipinski definition) is 3. The van der Waals surface area contributed by atoms with E-state index in [9.17, 15) is 13.6 Å². The Balaban J connectivity index is 1.80. The minimum atomic E-state index is -0.783. The van der Waals surface area contributed by atoms with Gasteiger partial charge in [-0.25, -0.2) is 13.8 Å². The Morgan fingerprint density at radius 2 is 1.96 bits per heavy atom. The summed E-state index contributed by atoms with van der Waals surface area (Å²) in [7, 11) is 0. The van der Waals surface area contributed by atoms with E-state index in [0.29, 0.717) is 26.3 Å². The van der Waals surface area contributed by atoms with Crippen LogP contribution in [0.5, 0.6) is 0 Å². The first-order valence-electron chi connectivity index (χ1n) is 6.82. The molecule has 2 heterocycles. The van der Waals surface area contributed by atoms with Crippen molar-refractivity contribution in [2.45, 2.75) is 0 Å². The number of nitrogen functional groups attached to an aromatic ring is 1. The van der Waals surface area contributed by atoms with Crippen LogP contribution in [0.1, 0.15) is 10.5 Å². The molecule has 120 valence electrons. The largest absolute Gasteiger partial charge is 0.375 e. The topological polar surface area (TPSA) is 96.7 Å². The first-order valence-corrected chi connectivity index (χ1v) is 7.63. The standard InChI is InChI=1S/C15H9F2N5OS/c16-6-3-7(17)5-8(4-6)19-14(23)12-11-9(21-22-12)1-2-10-13(11)24-15(18)20-10/h1-5H,(H2,18,20)(H,19,23)(H,21,22). The molecule has 6 nitrogen and oxygen atoms in total. The van der Waals surface area contributed by atoms with Gasteiger partial charge >= 0.3 is 0 Å². The van der Waals surface area contributed by atoms with Gasteiger partial charge < -0.3 is 11.1 Å². The van der Waals surface area contributed by atoms with Crippen LogP contribution < -0.4 is 11.1 Å². The number of anilines is 2. The number of carbonyl (C=O) groups excluding carboxylic acids is 1. The van der Waals surface area contributed by atoms with E-state index in [2.05, 4.69) is 20.5 Å². The minimum Gasteiger partial charge on any atom is -0.375 e. The molecule has 9 heteroatoms. The highest BCUT2D eigenvalue weighted by atomic mass is 32.1. The van der Waals surface area contributed by atoms with Crippen LogP contribution in [0.3, 0.4) is 0 Å². The highest BCUT2D eigenvalue weighted by Crippen LogP contribution is 2.32. The summed E-state index contributed by atoms with van der Waals surface area (Å²) in [4.78, 5) is 16.7. The minimum absolute atomic E-state index is 0.00430. The maximum absolute atomic E-state index is 13.3. The Labute approximate surface area is 137 Å². The number of nitrogens with one attached hydrogen (secondary N) is 2. The number of H-pyrrole nitrogens is 1. The number of amides is 1. The molecule has 0 saturated carbocycles. The van der Waals surface area contributed by atoms with E-state index in [0.717, 1.165) is 18.2 Å². The monoisotopic (exact) mass is 345 g/mol. The van der Waals surface area contributed by atoms with Gasteiger partial charge in [-0.1, -0.05) is 11.3 Å². The molecule has 0 bridgehead atoms. The summed E-state index contributed by atoms with van der Waals surface area (Å²) in [5.74, 6) is -2.16. The SMILES string of the molecule is Nc1nc2ccc3[nH]nc(C(=O)Nc4cc(F)cc(F)c4)c3c2s1. The van der Waals surface area contributed by atoms with Crippen molar-refractivity contribution in [3.05, 3.63) is 47.7 Å². The number of nitrogens with two attached hydrogens (primary N) is 1. The molecule has 0 spiro atoms. The summed E-state index contributed by atoms with van der Waals surface area (Å²) in [5, 5.41) is 10.1. The van der Waals surface area contributed by atoms with Gasteiger partial charge in [0.25, 0.3) is 5.91 Å². The van der Waals surface area contributed by atoms with Gasteiger partial charge in [0.2, 0.25) is 0 Å². The molecule has 4 N–H and O–H groups in total. The van der Waals surface area contributed by atoms with E-state index < -0.39 is 17.5 Å². The molecular weight excluding hydrogens is 336 g/mol. The van der Waals surface area contributed by atoms with Gasteiger partial charge in [0.1, 0.15) is 11.6 Å². The highest BCUT2D eigenvalue weighted by Gasteiger charge is 2.19. The van der Waals surface area contributed by atoms with Gasteiger partial charge in [-0.05, 0) is 24.3 Å². The third-order valence-corrected chi connectivity index (χ3v) is 4.35. The normalized spacial score (nSPS) is 11.2. The van der Waals surface area contributed by atoms with Crippen LogP contribution in [0.25, 0.3) is 21.1 Å². The maximum Gasteiger partial charge on any atom is 0.276 e. The van der Waals surface area contributed by atoms with Crippen molar-refractivity contribution in [1.29, 1.82) is 0 Å². The number of thiazole rings is 1. The van der Waals surface area contributed by atoms with E-state index in [1.54, 1.807) is 12.1 Å². The van der Waals surface area contributed by atoms with Crippen molar-refractivity contribution in [3.63, 3.8) is 0 Å². The van der Waals surface area contributed by atoms with Gasteiger partial charge in [0.15, 0.2) is 10.8 Å². The second-order valence-electron chi connectivity index (χ2n) is 5.07. The van der Waals surface area contributed by atoms with Crippen LogP contribution in [0.15, 0.2) is 30.3 Å². The predicted octanol–water partition coefficient (Wildman–Crippen LogP) is 3.29. The fourth-order valence-corrected chi connectivity index (χ4v) is 3.37. The third-order valence-electron chi connectivity index (χ3n) is 3.43. The Hall–Kier alpha value is -3.07. The lowest BCUT2D eigenvalue weighted by Gasteiger charge is -2.04. The number of hydrogen-bond acceptors (Lipinski definition) is 5. The summed E-state index contributed by atoms with van der Waals surface area (Å²) in [6.07, 6.45) is 0. The Morgan fingerprint density at radius 1 is 1.21 bits per heavy atom. The van der Waals surface area contributed by atoms with Crippen molar-refractivity contribution >= 4 is 49.2 Å². The smallest absolute Gasteiger partial charge is 0.276 e. The summed E-state index contributed by atoms with van der Waals surface area (Å²) in [5.41, 5.74) is 7.12. The Kier molecular flexibility index (Phi) is 3.17. The third kappa shape index (κ3) is 2.35. The summed E-state index contributed by atoms with van der Waals surface area (Å²) < 4.78 is 27.2. The lowest BCUT2D eigenvalue weighted by molar-refractivity contribution is 0.102. The van der Waals surface area contributed by atoms with Gasteiger partial charge in [-0.15, -0.1) is 0 Å². The van der Waals surface area contributed by atoms with Crippen LogP contribution in [0.2, 0.25) is 0 Å². The van der Waals surface area contributed by atoms with Crippen molar-refractivity contribution in [2.24, 2.45) is 0 Å². The lowest BCUT2D eigenvalue weighted by Crippen LogP contribution is -2.13. The van der Waals surface area contributed by atoms with Gasteiger partial charge in [0.05, 0.1) is 21.1 Å². The molecule has 0 aliphatic rings. The van der Waals surface area contributed by atoms with Crippen LogP contribution in [-0.2, 0) is 0 Å². The molecule has 2 aromatic carbocycles. The molecule has 0 fully saturated rings. The zero-order valence-corrected chi connectivity index (χ0v) is 12.7. The summed E-state index contributed by atoms with van der Waals surface area (Å²) >= 11 is 1.24. The molecule has 0 aliphatic carbocycles. The second-order valence-corrected chi connectivity index (χ2v) is 6.10. The summed E-state index contributed by atoms with van der Waals surface area (Å²) in [6.45, 7) is 0. The molecule has 4 aromatic rings. The lowest BCUT2D eigenvalue weighted by atomic mass is 10.2. The van der Waals surface area contributed by atoms with E-state index >= 15 is 0 Å². The number of benzene rings is 2. The molecule has 24 heavy (non-hydrogen) atoms. The van der Waals surface area contributed by atoms with E-state index in [1.165, 1.54) is 11.3 Å². The molecule has 1 amide bonds. The molecule has 0 radical (unpaired) electrons.